The molecule has 1 aromatic rings. The normalized spacial score (nSPS) is 29.3. The van der Waals surface area contributed by atoms with Crippen LogP contribution in [0.2, 0.25) is 0 Å². The molecule has 0 radical (unpaired) electrons. The molecule has 168 valence electrons. The van der Waals surface area contributed by atoms with Gasteiger partial charge in [-0.3, -0.25) is 14.4 Å². The number of hydrogen-bond donors (Lipinski definition) is 2. The number of para-hydroxylation sites is 1. The average Bonchev–Trinajstić information content (AvgIpc) is 2.94. The van der Waals surface area contributed by atoms with Crippen LogP contribution in [0.5, 0.6) is 5.75 Å². The Morgan fingerprint density at radius 1 is 1.19 bits per heavy atom. The molecule has 4 atom stereocenters. The Hall–Kier alpha value is -2.22. The summed E-state index contributed by atoms with van der Waals surface area (Å²) in [6, 6.07) is 6.47. The van der Waals surface area contributed by atoms with Gasteiger partial charge >= 0.3 is 0 Å². The van der Waals surface area contributed by atoms with E-state index in [1.54, 1.807) is 23.6 Å². The molecule has 2 saturated heterocycles. The van der Waals surface area contributed by atoms with E-state index in [1.165, 1.54) is 0 Å². The van der Waals surface area contributed by atoms with Gasteiger partial charge < -0.3 is 20.3 Å². The quantitative estimate of drug-likeness (QED) is 0.744. The van der Waals surface area contributed by atoms with Gasteiger partial charge in [0.25, 0.3) is 0 Å². The van der Waals surface area contributed by atoms with Crippen molar-refractivity contribution in [2.75, 3.05) is 12.4 Å². The largest absolute Gasteiger partial charge is 0.493 e. The molecular weight excluding hydrogens is 414 g/mol. The Bertz CT molecular complexity index is 874. The Balaban J connectivity index is 1.58. The molecule has 0 bridgehead atoms. The van der Waals surface area contributed by atoms with Crippen molar-refractivity contribution in [2.45, 2.75) is 70.0 Å². The summed E-state index contributed by atoms with van der Waals surface area (Å²) in [5.74, 6) is 1.16. The fraction of sp³-hybridized carbons (Fsp3) is 0.609. The summed E-state index contributed by atoms with van der Waals surface area (Å²) in [5, 5.41) is 6.01. The van der Waals surface area contributed by atoms with E-state index >= 15 is 0 Å². The van der Waals surface area contributed by atoms with E-state index in [-0.39, 0.29) is 34.6 Å². The monoisotopic (exact) mass is 445 g/mol. The lowest BCUT2D eigenvalue weighted by Crippen LogP contribution is -2.57. The fourth-order valence-electron chi connectivity index (χ4n) is 4.89. The summed E-state index contributed by atoms with van der Waals surface area (Å²) in [6.45, 7) is 6.42. The third kappa shape index (κ3) is 4.27. The first kappa shape index (κ1) is 22.0. The van der Waals surface area contributed by atoms with E-state index in [0.717, 1.165) is 23.5 Å². The van der Waals surface area contributed by atoms with Crippen molar-refractivity contribution >= 4 is 29.5 Å². The molecule has 0 unspecified atom stereocenters. The van der Waals surface area contributed by atoms with Crippen molar-refractivity contribution in [3.05, 3.63) is 29.8 Å². The standard InChI is InChI=1S/C23H31N3O4S/c1-4-18(27)24-16-10-12-31-19-13-23(2,3)20(26(19)22(16)29)21(28)25-15-9-11-30-17-8-6-5-7-14(15)17/h5-8,15-16,19-20H,4,9-13H2,1-3H3,(H,24,27)(H,25,28)/t15-,16+,19+,20-/m1/s1. The van der Waals surface area contributed by atoms with Crippen LogP contribution in [-0.4, -0.2) is 52.4 Å². The molecule has 0 aromatic heterocycles. The van der Waals surface area contributed by atoms with Crippen LogP contribution in [0.15, 0.2) is 24.3 Å². The summed E-state index contributed by atoms with van der Waals surface area (Å²) in [7, 11) is 0. The molecule has 31 heavy (non-hydrogen) atoms. The SMILES string of the molecule is CCC(=O)N[C@H]1CCS[C@H]2CC(C)(C)[C@@H](C(=O)N[C@@H]3CCOc4ccccc43)N2C1=O. The highest BCUT2D eigenvalue weighted by Crippen LogP contribution is 2.46. The molecule has 3 aliphatic heterocycles. The molecule has 3 aliphatic rings. The summed E-state index contributed by atoms with van der Waals surface area (Å²) in [5.41, 5.74) is 0.609. The van der Waals surface area contributed by atoms with Gasteiger partial charge in [0.1, 0.15) is 17.8 Å². The number of hydrogen-bond acceptors (Lipinski definition) is 5. The molecule has 2 fully saturated rings. The molecular formula is C23H31N3O4S. The maximum absolute atomic E-state index is 13.6. The Kier molecular flexibility index (Phi) is 6.19. The number of benzene rings is 1. The Morgan fingerprint density at radius 2 is 1.97 bits per heavy atom. The average molecular weight is 446 g/mol. The van der Waals surface area contributed by atoms with Crippen LogP contribution < -0.4 is 15.4 Å². The lowest BCUT2D eigenvalue weighted by Gasteiger charge is -2.35. The zero-order valence-corrected chi connectivity index (χ0v) is 19.2. The highest BCUT2D eigenvalue weighted by molar-refractivity contribution is 7.99. The number of rotatable bonds is 4. The van der Waals surface area contributed by atoms with E-state index in [2.05, 4.69) is 24.5 Å². The summed E-state index contributed by atoms with van der Waals surface area (Å²) in [6.07, 6.45) is 2.36. The van der Waals surface area contributed by atoms with E-state index < -0.39 is 12.1 Å². The van der Waals surface area contributed by atoms with Gasteiger partial charge in [0.2, 0.25) is 17.7 Å². The number of thioether (sulfide) groups is 1. The molecule has 4 rings (SSSR count). The van der Waals surface area contributed by atoms with E-state index in [1.807, 2.05) is 24.3 Å². The molecule has 7 nitrogen and oxygen atoms in total. The molecule has 0 aliphatic carbocycles. The second kappa shape index (κ2) is 8.73. The molecule has 3 amide bonds. The maximum Gasteiger partial charge on any atom is 0.246 e. The van der Waals surface area contributed by atoms with Gasteiger partial charge in [-0.15, -0.1) is 11.8 Å². The van der Waals surface area contributed by atoms with Gasteiger partial charge in [0, 0.05) is 18.4 Å². The Labute approximate surface area is 187 Å². The van der Waals surface area contributed by atoms with Crippen LogP contribution in [0.25, 0.3) is 0 Å². The lowest BCUT2D eigenvalue weighted by molar-refractivity contribution is -0.144. The van der Waals surface area contributed by atoms with Crippen LogP contribution >= 0.6 is 11.8 Å². The third-order valence-electron chi connectivity index (χ3n) is 6.48. The van der Waals surface area contributed by atoms with E-state index in [4.69, 9.17) is 4.74 Å². The molecule has 2 N–H and O–H groups in total. The third-order valence-corrected chi connectivity index (χ3v) is 7.73. The smallest absolute Gasteiger partial charge is 0.246 e. The Morgan fingerprint density at radius 3 is 2.74 bits per heavy atom. The van der Waals surface area contributed by atoms with E-state index in [9.17, 15) is 14.4 Å². The minimum atomic E-state index is -0.577. The number of carbonyl (C=O) groups is 3. The lowest BCUT2D eigenvalue weighted by atomic mass is 9.83. The summed E-state index contributed by atoms with van der Waals surface area (Å²) < 4.78 is 5.72. The number of nitrogens with zero attached hydrogens (tertiary/aromatic N) is 1. The molecule has 8 heteroatoms. The predicted octanol–water partition coefficient (Wildman–Crippen LogP) is 2.61. The zero-order chi connectivity index (χ0) is 22.2. The number of ether oxygens (including phenoxy) is 1. The van der Waals surface area contributed by atoms with Crippen molar-refractivity contribution in [3.8, 4) is 5.75 Å². The van der Waals surface area contributed by atoms with Gasteiger partial charge in [-0.25, -0.2) is 0 Å². The highest BCUT2D eigenvalue weighted by atomic mass is 32.2. The van der Waals surface area contributed by atoms with Crippen molar-refractivity contribution in [3.63, 3.8) is 0 Å². The van der Waals surface area contributed by atoms with Gasteiger partial charge in [0.05, 0.1) is 18.0 Å². The fourth-order valence-corrected chi connectivity index (χ4v) is 6.47. The van der Waals surface area contributed by atoms with Crippen LogP contribution in [0.1, 0.15) is 58.1 Å². The summed E-state index contributed by atoms with van der Waals surface area (Å²) in [4.78, 5) is 40.8. The predicted molar refractivity (Wildman–Crippen MR) is 120 cm³/mol. The first-order chi connectivity index (χ1) is 14.8. The van der Waals surface area contributed by atoms with Gasteiger partial charge in [-0.2, -0.15) is 0 Å². The minimum Gasteiger partial charge on any atom is -0.493 e. The van der Waals surface area contributed by atoms with Crippen molar-refractivity contribution < 1.29 is 19.1 Å². The van der Waals surface area contributed by atoms with Crippen LogP contribution in [-0.2, 0) is 14.4 Å². The number of carbonyl (C=O) groups excluding carboxylic acids is 3. The van der Waals surface area contributed by atoms with Crippen molar-refractivity contribution in [2.24, 2.45) is 5.41 Å². The topological polar surface area (TPSA) is 87.7 Å². The van der Waals surface area contributed by atoms with E-state index in [0.29, 0.717) is 25.9 Å². The van der Waals surface area contributed by atoms with Crippen LogP contribution in [0, 0.1) is 5.41 Å². The summed E-state index contributed by atoms with van der Waals surface area (Å²) >= 11 is 1.71. The number of amides is 3. The second-order valence-electron chi connectivity index (χ2n) is 9.16. The van der Waals surface area contributed by atoms with Gasteiger partial charge in [-0.1, -0.05) is 39.0 Å². The minimum absolute atomic E-state index is 0.0521. The molecule has 0 saturated carbocycles. The molecule has 3 heterocycles. The maximum atomic E-state index is 13.6. The zero-order valence-electron chi connectivity index (χ0n) is 18.3. The van der Waals surface area contributed by atoms with Gasteiger partial charge in [-0.05, 0) is 30.1 Å². The first-order valence-electron chi connectivity index (χ1n) is 11.1. The first-order valence-corrected chi connectivity index (χ1v) is 12.1. The van der Waals surface area contributed by atoms with Crippen molar-refractivity contribution in [1.29, 1.82) is 0 Å². The molecule has 0 spiro atoms. The number of nitrogens with one attached hydrogen (secondary N) is 2. The van der Waals surface area contributed by atoms with Gasteiger partial charge in [0.15, 0.2) is 0 Å². The second-order valence-corrected chi connectivity index (χ2v) is 10.5. The highest BCUT2D eigenvalue weighted by Gasteiger charge is 2.54. The van der Waals surface area contributed by atoms with Crippen LogP contribution in [0.4, 0.5) is 0 Å². The van der Waals surface area contributed by atoms with Crippen LogP contribution in [0.3, 0.4) is 0 Å². The van der Waals surface area contributed by atoms with Crippen molar-refractivity contribution in [1.82, 2.24) is 15.5 Å². The molecule has 1 aromatic carbocycles. The number of fused-ring (bicyclic) bond motifs is 2.